The number of benzene rings is 2. The maximum Gasteiger partial charge on any atom is 0.141 e. The average molecular weight is 307 g/mol. The van der Waals surface area contributed by atoms with Gasteiger partial charge in [-0.25, -0.2) is 0 Å². The molecule has 0 spiro atoms. The Kier molecular flexibility index (Phi) is 4.04. The Morgan fingerprint density at radius 3 is 2.50 bits per heavy atom. The van der Waals surface area contributed by atoms with Gasteiger partial charge in [-0.2, -0.15) is 0 Å². The number of aryl methyl sites for hydroxylation is 2. The molecule has 0 aromatic heterocycles. The lowest BCUT2D eigenvalue weighted by Gasteiger charge is -2.11. The van der Waals surface area contributed by atoms with E-state index in [2.05, 4.69) is 22.0 Å². The van der Waals surface area contributed by atoms with Gasteiger partial charge in [0.1, 0.15) is 11.5 Å². The van der Waals surface area contributed by atoms with E-state index in [1.807, 2.05) is 44.2 Å². The summed E-state index contributed by atoms with van der Waals surface area (Å²) in [4.78, 5) is 0. The summed E-state index contributed by atoms with van der Waals surface area (Å²) in [6.45, 7) is 4.09. The quantitative estimate of drug-likeness (QED) is 0.913. The summed E-state index contributed by atoms with van der Waals surface area (Å²) in [6, 6.07) is 11.7. The van der Waals surface area contributed by atoms with Gasteiger partial charge in [-0.1, -0.05) is 18.2 Å². The van der Waals surface area contributed by atoms with Crippen molar-refractivity contribution in [2.45, 2.75) is 20.5 Å². The molecule has 0 radical (unpaired) electrons. The molecule has 0 saturated heterocycles. The van der Waals surface area contributed by atoms with E-state index < -0.39 is 0 Å². The molecule has 18 heavy (non-hydrogen) atoms. The normalized spacial score (nSPS) is 10.4. The molecule has 0 saturated carbocycles. The van der Waals surface area contributed by atoms with Gasteiger partial charge < -0.3 is 9.84 Å². The first kappa shape index (κ1) is 13.1. The van der Waals surface area contributed by atoms with E-state index in [0.29, 0.717) is 0 Å². The zero-order valence-electron chi connectivity index (χ0n) is 10.4. The smallest absolute Gasteiger partial charge is 0.141 e. The van der Waals surface area contributed by atoms with Crippen molar-refractivity contribution in [3.8, 4) is 11.5 Å². The van der Waals surface area contributed by atoms with Gasteiger partial charge in [0.25, 0.3) is 0 Å². The minimum Gasteiger partial charge on any atom is -0.456 e. The monoisotopic (exact) mass is 306 g/mol. The molecule has 2 aromatic rings. The molecular weight excluding hydrogens is 292 g/mol. The van der Waals surface area contributed by atoms with E-state index >= 15 is 0 Å². The second kappa shape index (κ2) is 5.55. The van der Waals surface area contributed by atoms with Crippen LogP contribution in [0.5, 0.6) is 11.5 Å². The Hall–Kier alpha value is -1.32. The van der Waals surface area contributed by atoms with Crippen LogP contribution in [0.15, 0.2) is 40.9 Å². The third kappa shape index (κ3) is 2.92. The lowest BCUT2D eigenvalue weighted by Crippen LogP contribution is -1.91. The van der Waals surface area contributed by atoms with Gasteiger partial charge in [-0.15, -0.1) is 0 Å². The summed E-state index contributed by atoms with van der Waals surface area (Å²) in [5.74, 6) is 1.60. The number of aliphatic hydroxyl groups is 1. The molecule has 0 aliphatic rings. The third-order valence-corrected chi connectivity index (χ3v) is 3.36. The summed E-state index contributed by atoms with van der Waals surface area (Å²) in [5, 5.41) is 9.06. The molecule has 2 aromatic carbocycles. The topological polar surface area (TPSA) is 29.5 Å². The predicted octanol–water partition coefficient (Wildman–Crippen LogP) is 4.35. The van der Waals surface area contributed by atoms with Gasteiger partial charge in [-0.05, 0) is 64.7 Å². The Balaban J connectivity index is 2.31. The molecule has 0 amide bonds. The second-order valence-electron chi connectivity index (χ2n) is 4.29. The van der Waals surface area contributed by atoms with Crippen molar-refractivity contribution in [2.24, 2.45) is 0 Å². The van der Waals surface area contributed by atoms with E-state index in [0.717, 1.165) is 27.1 Å². The van der Waals surface area contributed by atoms with Crippen molar-refractivity contribution < 1.29 is 9.84 Å². The second-order valence-corrected chi connectivity index (χ2v) is 5.15. The summed E-state index contributed by atoms with van der Waals surface area (Å²) < 4.78 is 6.73. The molecule has 0 atom stereocenters. The molecule has 2 rings (SSSR count). The van der Waals surface area contributed by atoms with Crippen molar-refractivity contribution >= 4 is 15.9 Å². The van der Waals surface area contributed by atoms with Crippen molar-refractivity contribution in [1.29, 1.82) is 0 Å². The summed E-state index contributed by atoms with van der Waals surface area (Å²) in [7, 11) is 0. The highest BCUT2D eigenvalue weighted by Gasteiger charge is 2.06. The fourth-order valence-electron chi connectivity index (χ4n) is 1.66. The maximum atomic E-state index is 9.06. The van der Waals surface area contributed by atoms with Crippen molar-refractivity contribution in [3.05, 3.63) is 57.6 Å². The Morgan fingerprint density at radius 2 is 1.83 bits per heavy atom. The minimum absolute atomic E-state index is 0.0301. The van der Waals surface area contributed by atoms with Crippen LogP contribution in [0.2, 0.25) is 0 Å². The molecule has 0 fully saturated rings. The van der Waals surface area contributed by atoms with Gasteiger partial charge in [0, 0.05) is 0 Å². The number of hydrogen-bond donors (Lipinski definition) is 1. The molecule has 0 bridgehead atoms. The largest absolute Gasteiger partial charge is 0.456 e. The zero-order chi connectivity index (χ0) is 13.1. The predicted molar refractivity (Wildman–Crippen MR) is 76.1 cm³/mol. The van der Waals surface area contributed by atoms with Crippen LogP contribution in [0.25, 0.3) is 0 Å². The van der Waals surface area contributed by atoms with Crippen molar-refractivity contribution in [3.63, 3.8) is 0 Å². The van der Waals surface area contributed by atoms with Crippen LogP contribution < -0.4 is 4.74 Å². The summed E-state index contributed by atoms with van der Waals surface area (Å²) in [5.41, 5.74) is 3.12. The molecule has 94 valence electrons. The molecule has 1 N–H and O–H groups in total. The van der Waals surface area contributed by atoms with E-state index in [-0.39, 0.29) is 6.61 Å². The molecule has 0 unspecified atom stereocenters. The van der Waals surface area contributed by atoms with E-state index in [4.69, 9.17) is 9.84 Å². The highest BCUT2D eigenvalue weighted by atomic mass is 79.9. The highest BCUT2D eigenvalue weighted by molar-refractivity contribution is 9.10. The maximum absolute atomic E-state index is 9.06. The number of halogens is 1. The van der Waals surface area contributed by atoms with Crippen LogP contribution in [0.3, 0.4) is 0 Å². The van der Waals surface area contributed by atoms with Crippen molar-refractivity contribution in [2.75, 3.05) is 0 Å². The molecule has 0 heterocycles. The lowest BCUT2D eigenvalue weighted by atomic mass is 10.1. The van der Waals surface area contributed by atoms with Crippen LogP contribution in [0.4, 0.5) is 0 Å². The van der Waals surface area contributed by atoms with Gasteiger partial charge in [-0.3, -0.25) is 0 Å². The minimum atomic E-state index is 0.0301. The SMILES string of the molecule is Cc1ccc(C)c(Oc2ccc(CO)cc2Br)c1. The first-order chi connectivity index (χ1) is 8.60. The first-order valence-electron chi connectivity index (χ1n) is 5.74. The number of aliphatic hydroxyl groups excluding tert-OH is 1. The number of ether oxygens (including phenoxy) is 1. The van der Waals surface area contributed by atoms with E-state index in [1.54, 1.807) is 0 Å². The highest BCUT2D eigenvalue weighted by Crippen LogP contribution is 2.32. The Labute approximate surface area is 115 Å². The van der Waals surface area contributed by atoms with Gasteiger partial charge >= 0.3 is 0 Å². The third-order valence-electron chi connectivity index (χ3n) is 2.74. The molecular formula is C15H15BrO2. The molecule has 2 nitrogen and oxygen atoms in total. The van der Waals surface area contributed by atoms with Gasteiger partial charge in [0.2, 0.25) is 0 Å². The first-order valence-corrected chi connectivity index (χ1v) is 6.54. The summed E-state index contributed by atoms with van der Waals surface area (Å²) in [6.07, 6.45) is 0. The fraction of sp³-hybridized carbons (Fsp3) is 0.200. The molecule has 0 aliphatic carbocycles. The Morgan fingerprint density at radius 1 is 1.06 bits per heavy atom. The van der Waals surface area contributed by atoms with E-state index in [1.165, 1.54) is 5.56 Å². The standard InChI is InChI=1S/C15H15BrO2/c1-10-3-4-11(2)15(7-10)18-14-6-5-12(9-17)8-13(14)16/h3-8,17H,9H2,1-2H3. The average Bonchev–Trinajstić information content (AvgIpc) is 2.36. The Bertz CT molecular complexity index is 564. The van der Waals surface area contributed by atoms with E-state index in [9.17, 15) is 0 Å². The lowest BCUT2D eigenvalue weighted by molar-refractivity contribution is 0.281. The van der Waals surface area contributed by atoms with Gasteiger partial charge in [0.15, 0.2) is 0 Å². The van der Waals surface area contributed by atoms with Gasteiger partial charge in [0.05, 0.1) is 11.1 Å². The molecule has 0 aliphatic heterocycles. The number of rotatable bonds is 3. The zero-order valence-corrected chi connectivity index (χ0v) is 12.0. The van der Waals surface area contributed by atoms with Crippen LogP contribution in [-0.2, 0) is 6.61 Å². The fourth-order valence-corrected chi connectivity index (χ4v) is 2.17. The van der Waals surface area contributed by atoms with Crippen molar-refractivity contribution in [1.82, 2.24) is 0 Å². The van der Waals surface area contributed by atoms with Crippen LogP contribution in [0, 0.1) is 13.8 Å². The van der Waals surface area contributed by atoms with Crippen LogP contribution in [-0.4, -0.2) is 5.11 Å². The summed E-state index contributed by atoms with van der Waals surface area (Å²) >= 11 is 3.45. The van der Waals surface area contributed by atoms with Crippen LogP contribution in [0.1, 0.15) is 16.7 Å². The molecule has 3 heteroatoms. The number of hydrogen-bond acceptors (Lipinski definition) is 2. The van der Waals surface area contributed by atoms with Crippen LogP contribution >= 0.6 is 15.9 Å².